The molecular weight excluding hydrogens is 280 g/mol. The summed E-state index contributed by atoms with van der Waals surface area (Å²) in [5.74, 6) is 0.115. The molecule has 0 unspecified atom stereocenters. The zero-order valence-electron chi connectivity index (χ0n) is 12.2. The quantitative estimate of drug-likeness (QED) is 0.918. The van der Waals surface area contributed by atoms with Crippen LogP contribution < -0.4 is 10.2 Å². The van der Waals surface area contributed by atoms with E-state index in [2.05, 4.69) is 52.0 Å². The maximum atomic E-state index is 11.6. The van der Waals surface area contributed by atoms with Crippen molar-refractivity contribution in [2.75, 3.05) is 18.0 Å². The predicted octanol–water partition coefficient (Wildman–Crippen LogP) is 3.38. The number of anilines is 1. The van der Waals surface area contributed by atoms with E-state index in [1.807, 2.05) is 6.92 Å². The highest BCUT2D eigenvalue weighted by molar-refractivity contribution is 7.10. The SMILES string of the molecule is CCC(=O)NC[C@@H](c1cccs1)N1CCc2ccccc21. The van der Waals surface area contributed by atoms with Crippen molar-refractivity contribution < 1.29 is 4.79 Å². The number of rotatable bonds is 5. The van der Waals surface area contributed by atoms with Gasteiger partial charge in [0.05, 0.1) is 6.04 Å². The first-order chi connectivity index (χ1) is 10.3. The second-order valence-corrected chi connectivity index (χ2v) is 6.24. The van der Waals surface area contributed by atoms with Crippen molar-refractivity contribution in [3.8, 4) is 0 Å². The Hall–Kier alpha value is -1.81. The van der Waals surface area contributed by atoms with Gasteiger partial charge in [0.2, 0.25) is 5.91 Å². The van der Waals surface area contributed by atoms with E-state index in [0.29, 0.717) is 13.0 Å². The van der Waals surface area contributed by atoms with Crippen LogP contribution in [0, 0.1) is 0 Å². The molecule has 1 N–H and O–H groups in total. The lowest BCUT2D eigenvalue weighted by Gasteiger charge is -2.30. The molecule has 0 saturated carbocycles. The Morgan fingerprint density at radius 1 is 1.33 bits per heavy atom. The van der Waals surface area contributed by atoms with E-state index < -0.39 is 0 Å². The highest BCUT2D eigenvalue weighted by atomic mass is 32.1. The van der Waals surface area contributed by atoms with Crippen LogP contribution in [-0.2, 0) is 11.2 Å². The number of carbonyl (C=O) groups is 1. The van der Waals surface area contributed by atoms with E-state index >= 15 is 0 Å². The molecule has 1 atom stereocenters. The topological polar surface area (TPSA) is 32.3 Å². The van der Waals surface area contributed by atoms with Gasteiger partial charge in [0.25, 0.3) is 0 Å². The van der Waals surface area contributed by atoms with Gasteiger partial charge < -0.3 is 10.2 Å². The Balaban J connectivity index is 1.84. The fourth-order valence-electron chi connectivity index (χ4n) is 2.87. The van der Waals surface area contributed by atoms with Crippen LogP contribution >= 0.6 is 11.3 Å². The summed E-state index contributed by atoms with van der Waals surface area (Å²) in [6.07, 6.45) is 1.62. The van der Waals surface area contributed by atoms with Crippen LogP contribution in [0.3, 0.4) is 0 Å². The molecule has 1 aliphatic heterocycles. The summed E-state index contributed by atoms with van der Waals surface area (Å²) in [5, 5.41) is 5.16. The van der Waals surface area contributed by atoms with Crippen molar-refractivity contribution in [1.29, 1.82) is 0 Å². The van der Waals surface area contributed by atoms with Crippen LogP contribution in [0.15, 0.2) is 41.8 Å². The lowest BCUT2D eigenvalue weighted by molar-refractivity contribution is -0.120. The third-order valence-electron chi connectivity index (χ3n) is 3.98. The number of hydrogen-bond donors (Lipinski definition) is 1. The summed E-state index contributed by atoms with van der Waals surface area (Å²) in [4.78, 5) is 15.4. The number of fused-ring (bicyclic) bond motifs is 1. The predicted molar refractivity (Wildman–Crippen MR) is 87.9 cm³/mol. The van der Waals surface area contributed by atoms with Gasteiger partial charge >= 0.3 is 0 Å². The first-order valence-electron chi connectivity index (χ1n) is 7.44. The van der Waals surface area contributed by atoms with Gasteiger partial charge in [-0.25, -0.2) is 0 Å². The molecule has 2 aromatic rings. The third-order valence-corrected chi connectivity index (χ3v) is 4.96. The molecule has 3 nitrogen and oxygen atoms in total. The van der Waals surface area contributed by atoms with E-state index in [4.69, 9.17) is 0 Å². The lowest BCUT2D eigenvalue weighted by atomic mass is 10.1. The fourth-order valence-corrected chi connectivity index (χ4v) is 3.71. The minimum atomic E-state index is 0.115. The standard InChI is InChI=1S/C17H20N2OS/c1-2-17(20)18-12-15(16-8-5-11-21-16)19-10-9-13-6-3-4-7-14(13)19/h3-8,11,15H,2,9-10,12H2,1H3,(H,18,20)/t15-/m0/s1. The second kappa shape index (κ2) is 6.31. The monoisotopic (exact) mass is 300 g/mol. The van der Waals surface area contributed by atoms with Gasteiger partial charge in [-0.15, -0.1) is 11.3 Å². The number of benzene rings is 1. The molecule has 0 fully saturated rings. The number of para-hydroxylation sites is 1. The van der Waals surface area contributed by atoms with E-state index in [1.54, 1.807) is 11.3 Å². The van der Waals surface area contributed by atoms with E-state index in [0.717, 1.165) is 13.0 Å². The van der Waals surface area contributed by atoms with Gasteiger partial charge in [0.15, 0.2) is 0 Å². The Morgan fingerprint density at radius 2 is 2.19 bits per heavy atom. The molecule has 0 spiro atoms. The van der Waals surface area contributed by atoms with Crippen molar-refractivity contribution in [3.63, 3.8) is 0 Å². The maximum absolute atomic E-state index is 11.6. The number of nitrogens with one attached hydrogen (secondary N) is 1. The number of nitrogens with zero attached hydrogens (tertiary/aromatic N) is 1. The molecule has 1 aromatic carbocycles. The zero-order valence-corrected chi connectivity index (χ0v) is 13.0. The molecule has 4 heteroatoms. The largest absolute Gasteiger partial charge is 0.361 e. The molecule has 1 amide bonds. The average Bonchev–Trinajstić information content (AvgIpc) is 3.17. The van der Waals surface area contributed by atoms with Crippen molar-refractivity contribution in [2.24, 2.45) is 0 Å². The summed E-state index contributed by atoms with van der Waals surface area (Å²) in [6.45, 7) is 3.58. The highest BCUT2D eigenvalue weighted by Crippen LogP contribution is 2.36. The Morgan fingerprint density at radius 3 is 2.95 bits per heavy atom. The smallest absolute Gasteiger partial charge is 0.219 e. The molecule has 21 heavy (non-hydrogen) atoms. The van der Waals surface area contributed by atoms with Gasteiger partial charge in [0, 0.05) is 30.1 Å². The highest BCUT2D eigenvalue weighted by Gasteiger charge is 2.27. The van der Waals surface area contributed by atoms with Crippen molar-refractivity contribution in [1.82, 2.24) is 5.32 Å². The van der Waals surface area contributed by atoms with Crippen LogP contribution in [-0.4, -0.2) is 19.0 Å². The summed E-state index contributed by atoms with van der Waals surface area (Å²) in [6, 6.07) is 13.0. The number of hydrogen-bond acceptors (Lipinski definition) is 3. The average molecular weight is 300 g/mol. The molecule has 0 saturated heterocycles. The van der Waals surface area contributed by atoms with Crippen molar-refractivity contribution in [3.05, 3.63) is 52.2 Å². The molecule has 3 rings (SSSR count). The molecule has 0 bridgehead atoms. The van der Waals surface area contributed by atoms with Gasteiger partial charge in [-0.1, -0.05) is 31.2 Å². The summed E-state index contributed by atoms with van der Waals surface area (Å²) < 4.78 is 0. The fraction of sp³-hybridized carbons (Fsp3) is 0.353. The molecule has 2 heterocycles. The normalized spacial score (nSPS) is 14.8. The van der Waals surface area contributed by atoms with Crippen LogP contribution in [0.4, 0.5) is 5.69 Å². The van der Waals surface area contributed by atoms with Gasteiger partial charge in [0.1, 0.15) is 0 Å². The Bertz CT molecular complexity index is 609. The van der Waals surface area contributed by atoms with Crippen LogP contribution in [0.2, 0.25) is 0 Å². The molecular formula is C17H20N2OS. The van der Waals surface area contributed by atoms with Crippen molar-refractivity contribution >= 4 is 22.9 Å². The van der Waals surface area contributed by atoms with E-state index in [-0.39, 0.29) is 11.9 Å². The first kappa shape index (κ1) is 14.1. The lowest BCUT2D eigenvalue weighted by Crippen LogP contribution is -2.36. The number of carbonyl (C=O) groups excluding carboxylic acids is 1. The second-order valence-electron chi connectivity index (χ2n) is 5.26. The molecule has 110 valence electrons. The summed E-state index contributed by atoms with van der Waals surface area (Å²) in [7, 11) is 0. The Labute approximate surface area is 129 Å². The number of amides is 1. The van der Waals surface area contributed by atoms with Crippen LogP contribution in [0.5, 0.6) is 0 Å². The summed E-state index contributed by atoms with van der Waals surface area (Å²) in [5.41, 5.74) is 2.71. The van der Waals surface area contributed by atoms with Crippen LogP contribution in [0.25, 0.3) is 0 Å². The maximum Gasteiger partial charge on any atom is 0.219 e. The molecule has 1 aliphatic rings. The van der Waals surface area contributed by atoms with E-state index in [1.165, 1.54) is 16.1 Å². The minimum absolute atomic E-state index is 0.115. The first-order valence-corrected chi connectivity index (χ1v) is 8.32. The zero-order chi connectivity index (χ0) is 14.7. The van der Waals surface area contributed by atoms with E-state index in [9.17, 15) is 4.79 Å². The van der Waals surface area contributed by atoms with Gasteiger partial charge in [-0.05, 0) is 29.5 Å². The molecule has 0 aliphatic carbocycles. The van der Waals surface area contributed by atoms with Crippen molar-refractivity contribution in [2.45, 2.75) is 25.8 Å². The summed E-state index contributed by atoms with van der Waals surface area (Å²) >= 11 is 1.76. The molecule has 0 radical (unpaired) electrons. The molecule has 1 aromatic heterocycles. The van der Waals surface area contributed by atoms with Gasteiger partial charge in [-0.2, -0.15) is 0 Å². The minimum Gasteiger partial charge on any atom is -0.361 e. The third kappa shape index (κ3) is 2.95. The van der Waals surface area contributed by atoms with Crippen LogP contribution in [0.1, 0.15) is 29.8 Å². The van der Waals surface area contributed by atoms with Gasteiger partial charge in [-0.3, -0.25) is 4.79 Å². The Kier molecular flexibility index (Phi) is 4.25. The number of thiophene rings is 1.